The summed E-state index contributed by atoms with van der Waals surface area (Å²) in [6, 6.07) is 2.82. The zero-order valence-corrected chi connectivity index (χ0v) is 12.9. The SMILES string of the molecule is CC(C)c1cc(N(CCBr)C2CCCC2)ncn1. The van der Waals surface area contributed by atoms with Crippen molar-refractivity contribution in [2.45, 2.75) is 51.5 Å². The number of hydrogen-bond donors (Lipinski definition) is 0. The molecule has 0 spiro atoms. The summed E-state index contributed by atoms with van der Waals surface area (Å²) < 4.78 is 0. The molecule has 0 radical (unpaired) electrons. The second-order valence-corrected chi connectivity index (χ2v) is 6.07. The van der Waals surface area contributed by atoms with E-state index >= 15 is 0 Å². The lowest BCUT2D eigenvalue weighted by Gasteiger charge is -2.29. The van der Waals surface area contributed by atoms with E-state index in [4.69, 9.17) is 0 Å². The van der Waals surface area contributed by atoms with Gasteiger partial charge < -0.3 is 4.90 Å². The van der Waals surface area contributed by atoms with Crippen molar-refractivity contribution in [3.8, 4) is 0 Å². The molecule has 0 atom stereocenters. The molecule has 1 saturated carbocycles. The molecule has 2 rings (SSSR count). The van der Waals surface area contributed by atoms with E-state index in [-0.39, 0.29) is 0 Å². The van der Waals surface area contributed by atoms with Crippen molar-refractivity contribution in [1.82, 2.24) is 9.97 Å². The van der Waals surface area contributed by atoms with E-state index in [1.165, 1.54) is 25.7 Å². The Morgan fingerprint density at radius 1 is 1.33 bits per heavy atom. The summed E-state index contributed by atoms with van der Waals surface area (Å²) in [5.41, 5.74) is 1.14. The van der Waals surface area contributed by atoms with Crippen LogP contribution in [0.3, 0.4) is 0 Å². The number of alkyl halides is 1. The fourth-order valence-electron chi connectivity index (χ4n) is 2.63. The maximum atomic E-state index is 4.48. The number of aromatic nitrogens is 2. The van der Waals surface area contributed by atoms with Gasteiger partial charge in [0.05, 0.1) is 0 Å². The fourth-order valence-corrected chi connectivity index (χ4v) is 3.01. The Morgan fingerprint density at radius 2 is 2.06 bits per heavy atom. The Morgan fingerprint density at radius 3 is 2.67 bits per heavy atom. The molecule has 1 aliphatic rings. The molecule has 0 amide bonds. The molecule has 1 fully saturated rings. The Labute approximate surface area is 118 Å². The van der Waals surface area contributed by atoms with Crippen LogP contribution in [0, 0.1) is 0 Å². The van der Waals surface area contributed by atoms with E-state index in [2.05, 4.69) is 50.7 Å². The Balaban J connectivity index is 2.21. The fraction of sp³-hybridized carbons (Fsp3) is 0.714. The highest BCUT2D eigenvalue weighted by Gasteiger charge is 2.23. The van der Waals surface area contributed by atoms with Crippen LogP contribution in [0.4, 0.5) is 5.82 Å². The Bertz CT molecular complexity index is 375. The summed E-state index contributed by atoms with van der Waals surface area (Å²) in [6.07, 6.45) is 7.01. The normalized spacial score (nSPS) is 16.4. The highest BCUT2D eigenvalue weighted by Crippen LogP contribution is 2.28. The maximum absolute atomic E-state index is 4.48. The van der Waals surface area contributed by atoms with Gasteiger partial charge in [0.1, 0.15) is 12.1 Å². The van der Waals surface area contributed by atoms with Crippen LogP contribution < -0.4 is 4.90 Å². The molecule has 100 valence electrons. The van der Waals surface area contributed by atoms with Gasteiger partial charge >= 0.3 is 0 Å². The minimum absolute atomic E-state index is 0.459. The number of hydrogen-bond acceptors (Lipinski definition) is 3. The lowest BCUT2D eigenvalue weighted by Crippen LogP contribution is -2.35. The number of nitrogens with zero attached hydrogens (tertiary/aromatic N) is 3. The molecule has 0 N–H and O–H groups in total. The highest BCUT2D eigenvalue weighted by molar-refractivity contribution is 9.09. The van der Waals surface area contributed by atoms with Gasteiger partial charge in [-0.3, -0.25) is 0 Å². The van der Waals surface area contributed by atoms with Crippen molar-refractivity contribution in [3.05, 3.63) is 18.1 Å². The van der Waals surface area contributed by atoms with Gasteiger partial charge in [0.2, 0.25) is 0 Å². The molecule has 1 heterocycles. The lowest BCUT2D eigenvalue weighted by molar-refractivity contribution is 0.613. The minimum Gasteiger partial charge on any atom is -0.353 e. The molecule has 1 aliphatic carbocycles. The van der Waals surface area contributed by atoms with Crippen molar-refractivity contribution in [2.75, 3.05) is 16.8 Å². The lowest BCUT2D eigenvalue weighted by atomic mass is 10.1. The third-order valence-corrected chi connectivity index (χ3v) is 4.01. The van der Waals surface area contributed by atoms with Crippen LogP contribution in [0.25, 0.3) is 0 Å². The van der Waals surface area contributed by atoms with Gasteiger partial charge in [-0.25, -0.2) is 9.97 Å². The van der Waals surface area contributed by atoms with Gasteiger partial charge in [-0.15, -0.1) is 0 Å². The highest BCUT2D eigenvalue weighted by atomic mass is 79.9. The van der Waals surface area contributed by atoms with E-state index in [0.717, 1.165) is 23.4 Å². The van der Waals surface area contributed by atoms with Crippen LogP contribution in [0.2, 0.25) is 0 Å². The van der Waals surface area contributed by atoms with Crippen LogP contribution in [0.15, 0.2) is 12.4 Å². The summed E-state index contributed by atoms with van der Waals surface area (Å²) in [6.45, 7) is 5.38. The first kappa shape index (κ1) is 13.8. The summed E-state index contributed by atoms with van der Waals surface area (Å²) in [4.78, 5) is 11.3. The second kappa shape index (κ2) is 6.50. The quantitative estimate of drug-likeness (QED) is 0.776. The number of rotatable bonds is 5. The predicted molar refractivity (Wildman–Crippen MR) is 79.5 cm³/mol. The Kier molecular flexibility index (Phi) is 4.98. The van der Waals surface area contributed by atoms with Crippen molar-refractivity contribution in [2.24, 2.45) is 0 Å². The molecule has 4 heteroatoms. The van der Waals surface area contributed by atoms with Crippen molar-refractivity contribution in [3.63, 3.8) is 0 Å². The average molecular weight is 312 g/mol. The standard InChI is InChI=1S/C14H22BrN3/c1-11(2)13-9-14(17-10-16-13)18(8-7-15)12-5-3-4-6-12/h9-12H,3-8H2,1-2H3. The van der Waals surface area contributed by atoms with Crippen molar-refractivity contribution >= 4 is 21.7 Å². The number of halogens is 1. The molecular weight excluding hydrogens is 290 g/mol. The van der Waals surface area contributed by atoms with Gasteiger partial charge in [-0.1, -0.05) is 42.6 Å². The van der Waals surface area contributed by atoms with Gasteiger partial charge in [-0.2, -0.15) is 0 Å². The zero-order valence-electron chi connectivity index (χ0n) is 11.3. The largest absolute Gasteiger partial charge is 0.353 e. The number of anilines is 1. The molecule has 1 aromatic rings. The minimum atomic E-state index is 0.459. The van der Waals surface area contributed by atoms with Crippen LogP contribution in [-0.4, -0.2) is 27.9 Å². The van der Waals surface area contributed by atoms with Gasteiger partial charge in [-0.05, 0) is 18.8 Å². The van der Waals surface area contributed by atoms with Gasteiger partial charge in [0, 0.05) is 29.7 Å². The summed E-state index contributed by atoms with van der Waals surface area (Å²) in [5.74, 6) is 1.56. The van der Waals surface area contributed by atoms with E-state index in [9.17, 15) is 0 Å². The average Bonchev–Trinajstić information content (AvgIpc) is 2.89. The third-order valence-electron chi connectivity index (χ3n) is 3.65. The van der Waals surface area contributed by atoms with E-state index in [1.807, 2.05) is 0 Å². The maximum Gasteiger partial charge on any atom is 0.132 e. The summed E-state index contributed by atoms with van der Waals surface area (Å²) in [7, 11) is 0. The molecule has 18 heavy (non-hydrogen) atoms. The molecule has 0 unspecified atom stereocenters. The molecule has 3 nitrogen and oxygen atoms in total. The Hall–Kier alpha value is -0.640. The van der Waals surface area contributed by atoms with Crippen LogP contribution in [0.1, 0.15) is 51.1 Å². The third kappa shape index (κ3) is 3.22. The smallest absolute Gasteiger partial charge is 0.132 e. The molecular formula is C14H22BrN3. The van der Waals surface area contributed by atoms with E-state index in [1.54, 1.807) is 6.33 Å². The topological polar surface area (TPSA) is 29.0 Å². The summed E-state index contributed by atoms with van der Waals surface area (Å²) in [5, 5.41) is 0.991. The first-order valence-electron chi connectivity index (χ1n) is 6.87. The molecule has 0 aliphatic heterocycles. The van der Waals surface area contributed by atoms with Crippen LogP contribution in [0.5, 0.6) is 0 Å². The van der Waals surface area contributed by atoms with Crippen LogP contribution >= 0.6 is 15.9 Å². The van der Waals surface area contributed by atoms with Crippen molar-refractivity contribution in [1.29, 1.82) is 0 Å². The first-order chi connectivity index (χ1) is 8.72. The predicted octanol–water partition coefficient (Wildman–Crippen LogP) is 3.74. The first-order valence-corrected chi connectivity index (χ1v) is 7.99. The zero-order chi connectivity index (χ0) is 13.0. The molecule has 0 bridgehead atoms. The van der Waals surface area contributed by atoms with Crippen molar-refractivity contribution < 1.29 is 0 Å². The van der Waals surface area contributed by atoms with Gasteiger partial charge in [0.25, 0.3) is 0 Å². The monoisotopic (exact) mass is 311 g/mol. The van der Waals surface area contributed by atoms with Gasteiger partial charge in [0.15, 0.2) is 0 Å². The van der Waals surface area contributed by atoms with E-state index < -0.39 is 0 Å². The van der Waals surface area contributed by atoms with E-state index in [0.29, 0.717) is 12.0 Å². The van der Waals surface area contributed by atoms with Crippen LogP contribution in [-0.2, 0) is 0 Å². The molecule has 0 saturated heterocycles. The molecule has 0 aromatic carbocycles. The molecule has 1 aromatic heterocycles. The summed E-state index contributed by atoms with van der Waals surface area (Å²) >= 11 is 3.56. The second-order valence-electron chi connectivity index (χ2n) is 5.28.